The smallest absolute Gasteiger partial charge is 0.126 e. The predicted octanol–water partition coefficient (Wildman–Crippen LogP) is 1.87. The highest BCUT2D eigenvalue weighted by Gasteiger charge is 2.44. The van der Waals surface area contributed by atoms with Crippen molar-refractivity contribution in [2.75, 3.05) is 13.7 Å². The SMILES string of the molecule is COc1cccc(OC2(CN)CC2)c1C. The topological polar surface area (TPSA) is 44.5 Å². The van der Waals surface area contributed by atoms with E-state index in [1.165, 1.54) is 0 Å². The molecule has 1 aliphatic rings. The first-order valence-electron chi connectivity index (χ1n) is 5.23. The zero-order valence-corrected chi connectivity index (χ0v) is 9.25. The van der Waals surface area contributed by atoms with E-state index in [-0.39, 0.29) is 5.60 Å². The average molecular weight is 207 g/mol. The zero-order valence-electron chi connectivity index (χ0n) is 9.25. The van der Waals surface area contributed by atoms with Gasteiger partial charge in [0.05, 0.1) is 7.11 Å². The lowest BCUT2D eigenvalue weighted by Gasteiger charge is -2.18. The lowest BCUT2D eigenvalue weighted by atomic mass is 10.2. The van der Waals surface area contributed by atoms with Crippen LogP contribution in [0.4, 0.5) is 0 Å². The van der Waals surface area contributed by atoms with E-state index in [9.17, 15) is 0 Å². The van der Waals surface area contributed by atoms with Gasteiger partial charge in [0, 0.05) is 12.1 Å². The Hall–Kier alpha value is -1.22. The molecule has 1 aromatic rings. The summed E-state index contributed by atoms with van der Waals surface area (Å²) in [6.07, 6.45) is 2.11. The lowest BCUT2D eigenvalue weighted by Crippen LogP contribution is -2.28. The molecule has 0 amide bonds. The molecule has 1 fully saturated rings. The van der Waals surface area contributed by atoms with Gasteiger partial charge in [-0.25, -0.2) is 0 Å². The molecule has 0 bridgehead atoms. The van der Waals surface area contributed by atoms with Crippen molar-refractivity contribution in [3.63, 3.8) is 0 Å². The molecule has 0 unspecified atom stereocenters. The van der Waals surface area contributed by atoms with Gasteiger partial charge < -0.3 is 15.2 Å². The maximum Gasteiger partial charge on any atom is 0.126 e. The Morgan fingerprint density at radius 2 is 2.00 bits per heavy atom. The van der Waals surface area contributed by atoms with E-state index < -0.39 is 0 Å². The maximum atomic E-state index is 5.93. The average Bonchev–Trinajstić information content (AvgIpc) is 3.02. The fourth-order valence-electron chi connectivity index (χ4n) is 1.65. The zero-order chi connectivity index (χ0) is 10.9. The van der Waals surface area contributed by atoms with Crippen LogP contribution >= 0.6 is 0 Å². The number of hydrogen-bond acceptors (Lipinski definition) is 3. The Balaban J connectivity index is 2.21. The molecule has 3 nitrogen and oxygen atoms in total. The van der Waals surface area contributed by atoms with Crippen molar-refractivity contribution in [3.05, 3.63) is 23.8 Å². The summed E-state index contributed by atoms with van der Waals surface area (Å²) in [7, 11) is 1.67. The van der Waals surface area contributed by atoms with Crippen LogP contribution in [0.15, 0.2) is 18.2 Å². The van der Waals surface area contributed by atoms with Crippen LogP contribution in [0.2, 0.25) is 0 Å². The number of hydrogen-bond donors (Lipinski definition) is 1. The summed E-state index contributed by atoms with van der Waals surface area (Å²) in [6, 6.07) is 5.84. The Morgan fingerprint density at radius 3 is 2.53 bits per heavy atom. The van der Waals surface area contributed by atoms with Crippen LogP contribution in [-0.4, -0.2) is 19.3 Å². The van der Waals surface area contributed by atoms with Crippen molar-refractivity contribution >= 4 is 0 Å². The Labute approximate surface area is 90.2 Å². The molecule has 3 heteroatoms. The Kier molecular flexibility index (Phi) is 2.57. The minimum Gasteiger partial charge on any atom is -0.496 e. The summed E-state index contributed by atoms with van der Waals surface area (Å²) in [5, 5.41) is 0. The summed E-state index contributed by atoms with van der Waals surface area (Å²) in [4.78, 5) is 0. The van der Waals surface area contributed by atoms with Crippen LogP contribution in [0.3, 0.4) is 0 Å². The first kappa shape index (κ1) is 10.3. The first-order valence-corrected chi connectivity index (χ1v) is 5.23. The van der Waals surface area contributed by atoms with Crippen LogP contribution in [0.5, 0.6) is 11.5 Å². The van der Waals surface area contributed by atoms with Gasteiger partial charge in [0.15, 0.2) is 0 Å². The van der Waals surface area contributed by atoms with E-state index in [1.807, 2.05) is 25.1 Å². The molecule has 0 spiro atoms. The van der Waals surface area contributed by atoms with E-state index in [0.29, 0.717) is 6.54 Å². The van der Waals surface area contributed by atoms with Crippen molar-refractivity contribution in [1.82, 2.24) is 0 Å². The fraction of sp³-hybridized carbons (Fsp3) is 0.500. The number of benzene rings is 1. The molecule has 0 saturated heterocycles. The summed E-state index contributed by atoms with van der Waals surface area (Å²) >= 11 is 0. The van der Waals surface area contributed by atoms with E-state index in [2.05, 4.69) is 0 Å². The lowest BCUT2D eigenvalue weighted by molar-refractivity contribution is 0.185. The second-order valence-corrected chi connectivity index (χ2v) is 4.07. The van der Waals surface area contributed by atoms with Crippen molar-refractivity contribution in [2.24, 2.45) is 5.73 Å². The van der Waals surface area contributed by atoms with Crippen LogP contribution in [0.25, 0.3) is 0 Å². The van der Waals surface area contributed by atoms with Crippen molar-refractivity contribution < 1.29 is 9.47 Å². The summed E-state index contributed by atoms with van der Waals surface area (Å²) in [5.74, 6) is 1.75. The van der Waals surface area contributed by atoms with Gasteiger partial charge in [0.1, 0.15) is 17.1 Å². The van der Waals surface area contributed by atoms with Crippen LogP contribution in [0.1, 0.15) is 18.4 Å². The number of methoxy groups -OCH3 is 1. The third kappa shape index (κ3) is 1.92. The third-order valence-corrected chi connectivity index (χ3v) is 2.96. The van der Waals surface area contributed by atoms with E-state index in [1.54, 1.807) is 7.11 Å². The highest BCUT2D eigenvalue weighted by atomic mass is 16.5. The van der Waals surface area contributed by atoms with Gasteiger partial charge in [-0.05, 0) is 31.9 Å². The molecule has 0 heterocycles. The van der Waals surface area contributed by atoms with E-state index >= 15 is 0 Å². The van der Waals surface area contributed by atoms with Gasteiger partial charge >= 0.3 is 0 Å². The molecule has 0 radical (unpaired) electrons. The molecule has 2 rings (SSSR count). The largest absolute Gasteiger partial charge is 0.496 e. The number of nitrogens with two attached hydrogens (primary N) is 1. The van der Waals surface area contributed by atoms with Gasteiger partial charge in [-0.1, -0.05) is 6.07 Å². The maximum absolute atomic E-state index is 5.93. The molecule has 0 atom stereocenters. The molecule has 1 aliphatic carbocycles. The van der Waals surface area contributed by atoms with Crippen LogP contribution < -0.4 is 15.2 Å². The predicted molar refractivity (Wildman–Crippen MR) is 59.4 cm³/mol. The van der Waals surface area contributed by atoms with Gasteiger partial charge in [-0.2, -0.15) is 0 Å². The second kappa shape index (κ2) is 3.74. The van der Waals surface area contributed by atoms with Gasteiger partial charge in [0.25, 0.3) is 0 Å². The number of ether oxygens (including phenoxy) is 2. The van der Waals surface area contributed by atoms with Crippen LogP contribution in [-0.2, 0) is 0 Å². The minimum atomic E-state index is -0.100. The monoisotopic (exact) mass is 207 g/mol. The molecule has 15 heavy (non-hydrogen) atoms. The Bertz CT molecular complexity index is 359. The molecule has 0 aromatic heterocycles. The van der Waals surface area contributed by atoms with Gasteiger partial charge in [-0.3, -0.25) is 0 Å². The molecule has 2 N–H and O–H groups in total. The van der Waals surface area contributed by atoms with Crippen LogP contribution in [0, 0.1) is 6.92 Å². The first-order chi connectivity index (χ1) is 7.21. The highest BCUT2D eigenvalue weighted by Crippen LogP contribution is 2.41. The second-order valence-electron chi connectivity index (χ2n) is 4.07. The third-order valence-electron chi connectivity index (χ3n) is 2.96. The normalized spacial score (nSPS) is 17.3. The quantitative estimate of drug-likeness (QED) is 0.819. The standard InChI is InChI=1S/C12H17NO2/c1-9-10(14-2)4-3-5-11(9)15-12(8-13)6-7-12/h3-5H,6-8,13H2,1-2H3. The molecule has 82 valence electrons. The van der Waals surface area contributed by atoms with Crippen molar-refractivity contribution in [1.29, 1.82) is 0 Å². The highest BCUT2D eigenvalue weighted by molar-refractivity contribution is 5.44. The molecule has 1 saturated carbocycles. The summed E-state index contributed by atoms with van der Waals surface area (Å²) < 4.78 is 11.2. The summed E-state index contributed by atoms with van der Waals surface area (Å²) in [6.45, 7) is 2.59. The van der Waals surface area contributed by atoms with Crippen molar-refractivity contribution in [3.8, 4) is 11.5 Å². The van der Waals surface area contributed by atoms with Gasteiger partial charge in [0.2, 0.25) is 0 Å². The fourth-order valence-corrected chi connectivity index (χ4v) is 1.65. The number of rotatable bonds is 4. The molecular weight excluding hydrogens is 190 g/mol. The molecule has 1 aromatic carbocycles. The summed E-state index contributed by atoms with van der Waals surface area (Å²) in [5.41, 5.74) is 6.62. The van der Waals surface area contributed by atoms with Gasteiger partial charge in [-0.15, -0.1) is 0 Å². The van der Waals surface area contributed by atoms with E-state index in [4.69, 9.17) is 15.2 Å². The minimum absolute atomic E-state index is 0.100. The van der Waals surface area contributed by atoms with E-state index in [0.717, 1.165) is 29.9 Å². The Morgan fingerprint density at radius 1 is 1.33 bits per heavy atom. The van der Waals surface area contributed by atoms with Crippen molar-refractivity contribution in [2.45, 2.75) is 25.4 Å². The molecular formula is C12H17NO2. The molecule has 0 aliphatic heterocycles.